The van der Waals surface area contributed by atoms with Gasteiger partial charge in [0.1, 0.15) is 36.2 Å². The number of fused-ring (bicyclic) bond motifs is 2. The summed E-state index contributed by atoms with van der Waals surface area (Å²) in [6, 6.07) is 32.1. The number of nitrogens with two attached hydrogens (primary N) is 2. The number of aliphatic carboxylic acids is 2. The number of hydrogen-bond donors (Lipinski definition) is 9. The van der Waals surface area contributed by atoms with Crippen molar-refractivity contribution in [3.63, 3.8) is 0 Å². The minimum Gasteiger partial charge on any atom is -0.481 e. The Kier molecular flexibility index (Phi) is 43.2. The number of carbonyl (C=O) groups is 7. The number of allylic oxidation sites excluding steroid dienone is 7. The number of amides is 4. The zero-order valence-electron chi connectivity index (χ0n) is 65.2. The molecule has 7 rings (SSSR count). The van der Waals surface area contributed by atoms with Crippen molar-refractivity contribution >= 4 is 81.3 Å². The molecule has 0 fully saturated rings. The molecule has 1 aliphatic carbocycles. The van der Waals surface area contributed by atoms with Gasteiger partial charge in [-0.05, 0) is 156 Å². The Labute approximate surface area is 657 Å². The first-order valence-electron chi connectivity index (χ1n) is 38.2. The number of carboxylic acid groups (broad SMARTS) is 2. The van der Waals surface area contributed by atoms with E-state index in [1.807, 2.05) is 54.6 Å². The Hall–Kier alpha value is -10.2. The number of unbranched alkanes of at least 4 members (excludes halogenated alkanes) is 3. The number of ketones is 2. The van der Waals surface area contributed by atoms with Gasteiger partial charge >= 0.3 is 40.9 Å². The van der Waals surface area contributed by atoms with E-state index in [4.69, 9.17) is 62.6 Å². The lowest BCUT2D eigenvalue weighted by atomic mass is 9.81. The van der Waals surface area contributed by atoms with Crippen LogP contribution >= 0.6 is 0 Å². The second-order valence-electron chi connectivity index (χ2n) is 28.2. The fourth-order valence-electron chi connectivity index (χ4n) is 13.5. The second kappa shape index (κ2) is 51.4. The van der Waals surface area contributed by atoms with Crippen LogP contribution in [0.3, 0.4) is 0 Å². The largest absolute Gasteiger partial charge is 0.481 e. The maximum atomic E-state index is 14.4. The number of anilines is 1. The average Bonchev–Trinajstić information content (AvgIpc) is 1.60. The van der Waals surface area contributed by atoms with Gasteiger partial charge in [0.15, 0.2) is 11.5 Å². The molecule has 28 nitrogen and oxygen atoms in total. The quantitative estimate of drug-likeness (QED) is 0.0113. The molecule has 0 bridgehead atoms. The number of Topliss-reactive ketones (excluding diaryl/α,β-unsaturated/α-hetero) is 2. The molecule has 0 aromatic heterocycles. The summed E-state index contributed by atoms with van der Waals surface area (Å²) >= 11 is 0. The number of carboxylic acids is 2. The van der Waals surface area contributed by atoms with Crippen LogP contribution in [0.25, 0.3) is 0 Å². The fraction of sp³-hybridized carbons (Fsp3) is 0.494. The molecular weight excluding hydrogens is 1460 g/mol. The van der Waals surface area contributed by atoms with E-state index in [2.05, 4.69) is 150 Å². The van der Waals surface area contributed by atoms with Crippen molar-refractivity contribution in [2.75, 3.05) is 64.1 Å². The van der Waals surface area contributed by atoms with Gasteiger partial charge in [-0.2, -0.15) is 23.8 Å². The molecule has 0 spiro atoms. The number of para-hydroxylation sites is 2. The van der Waals surface area contributed by atoms with Gasteiger partial charge in [0.05, 0.1) is 31.3 Å². The molecule has 2 heterocycles. The number of ether oxygens (including phenoxy) is 3. The van der Waals surface area contributed by atoms with E-state index in [-0.39, 0.29) is 111 Å². The van der Waals surface area contributed by atoms with Crippen LogP contribution in [0.1, 0.15) is 179 Å². The molecule has 608 valence electrons. The molecule has 4 aromatic carbocycles. The van der Waals surface area contributed by atoms with Crippen LogP contribution in [0.2, 0.25) is 0 Å². The molecule has 0 saturated heterocycles. The molecule has 0 radical (unpaired) electrons. The van der Waals surface area contributed by atoms with Crippen LogP contribution in [-0.4, -0.2) is 164 Å². The highest BCUT2D eigenvalue weighted by Crippen LogP contribution is 2.48. The van der Waals surface area contributed by atoms with Crippen LogP contribution in [-0.2, 0) is 91.7 Å². The third-order valence-electron chi connectivity index (χ3n) is 19.2. The number of benzene rings is 4. The van der Waals surface area contributed by atoms with Gasteiger partial charge in [0.2, 0.25) is 17.5 Å². The SMILES string of the molecule is CCCCC[N+]1=C(/C=C/C2=C(Oc3ccc(CCNC(=O)[C@H](CCCNC(N)N)CC(=O)[C@H](Cc4ccccc4)NC(=O)CCOCCOCCCC(=O)CCCNC(=O)N[C@H](CCC(=O)O)C(=O)O)cc3)C(=C/C=C3/N(CCCC)c4ccccc4C3(C)C)/CCC2)C(C)(C)c2ccccc21.O=C=O.O=C=O.O=S(=O)=O. The summed E-state index contributed by atoms with van der Waals surface area (Å²) in [7, 11) is -3.11. The van der Waals surface area contributed by atoms with Crippen molar-refractivity contribution in [3.05, 3.63) is 172 Å². The van der Waals surface area contributed by atoms with Gasteiger partial charge in [-0.1, -0.05) is 125 Å². The average molecular weight is 1570 g/mol. The smallest absolute Gasteiger partial charge is 0.425 e. The van der Waals surface area contributed by atoms with Gasteiger partial charge in [-0.15, -0.1) is 12.6 Å². The van der Waals surface area contributed by atoms with Crippen molar-refractivity contribution < 1.29 is 94.4 Å². The van der Waals surface area contributed by atoms with Crippen LogP contribution in [0.15, 0.2) is 150 Å². The predicted molar refractivity (Wildman–Crippen MR) is 419 cm³/mol. The Bertz CT molecular complexity index is 4050. The summed E-state index contributed by atoms with van der Waals surface area (Å²) in [4.78, 5) is 124. The van der Waals surface area contributed by atoms with Crippen molar-refractivity contribution in [1.29, 1.82) is 0 Å². The van der Waals surface area contributed by atoms with Gasteiger partial charge in [-0.25, -0.2) is 9.59 Å². The lowest BCUT2D eigenvalue weighted by molar-refractivity contribution is -0.438. The molecule has 4 aromatic rings. The van der Waals surface area contributed by atoms with E-state index >= 15 is 0 Å². The first-order chi connectivity index (χ1) is 53.7. The fourth-order valence-corrected chi connectivity index (χ4v) is 13.5. The monoisotopic (exact) mass is 1570 g/mol. The summed E-state index contributed by atoms with van der Waals surface area (Å²) in [5, 5.41) is 31.8. The number of rotatable bonds is 46. The summed E-state index contributed by atoms with van der Waals surface area (Å²) in [5.41, 5.74) is 23.1. The normalized spacial score (nSPS) is 15.2. The van der Waals surface area contributed by atoms with E-state index in [0.717, 1.165) is 86.1 Å². The summed E-state index contributed by atoms with van der Waals surface area (Å²) in [6.07, 6.45) is 19.5. The number of urea groups is 1. The van der Waals surface area contributed by atoms with Gasteiger partial charge in [-0.3, -0.25) is 29.3 Å². The first kappa shape index (κ1) is 94.2. The molecule has 29 heteroatoms. The minimum absolute atomic E-state index is 0.0253. The number of nitrogens with zero attached hydrogens (tertiary/aromatic N) is 2. The third-order valence-corrected chi connectivity index (χ3v) is 19.2. The van der Waals surface area contributed by atoms with Gasteiger partial charge in [0.25, 0.3) is 0 Å². The summed E-state index contributed by atoms with van der Waals surface area (Å²) < 4.78 is 46.3. The van der Waals surface area contributed by atoms with Crippen LogP contribution in [0, 0.1) is 5.92 Å². The van der Waals surface area contributed by atoms with Gasteiger partial charge in [0, 0.05) is 105 Å². The van der Waals surface area contributed by atoms with E-state index in [9.17, 15) is 38.7 Å². The van der Waals surface area contributed by atoms with Crippen LogP contribution in [0.5, 0.6) is 5.75 Å². The van der Waals surface area contributed by atoms with E-state index in [0.29, 0.717) is 57.6 Å². The van der Waals surface area contributed by atoms with E-state index < -0.39 is 59.3 Å². The van der Waals surface area contributed by atoms with Gasteiger partial charge < -0.3 is 62.1 Å². The van der Waals surface area contributed by atoms with Crippen molar-refractivity contribution in [2.45, 2.75) is 199 Å². The second-order valence-corrected chi connectivity index (χ2v) is 28.6. The minimum atomic E-state index is -3.11. The summed E-state index contributed by atoms with van der Waals surface area (Å²) in [6.45, 7) is 17.4. The number of carbonyl (C=O) groups excluding carboxylic acids is 9. The van der Waals surface area contributed by atoms with Crippen LogP contribution in [0.4, 0.5) is 16.2 Å². The predicted octanol–water partition coefficient (Wildman–Crippen LogP) is 9.27. The highest BCUT2D eigenvalue weighted by molar-refractivity contribution is 7.59. The maximum Gasteiger partial charge on any atom is 0.425 e. The molecule has 0 saturated carbocycles. The lowest BCUT2D eigenvalue weighted by Crippen LogP contribution is -2.46. The first-order valence-corrected chi connectivity index (χ1v) is 39.2. The zero-order chi connectivity index (χ0) is 82.4. The molecule has 3 atom stereocenters. The Morgan fingerprint density at radius 3 is 1.95 bits per heavy atom. The molecule has 112 heavy (non-hydrogen) atoms. The number of nitrogens with one attached hydrogen (secondary N) is 5. The topological polar surface area (TPSA) is 426 Å². The van der Waals surface area contributed by atoms with E-state index in [1.165, 1.54) is 40.3 Å². The Morgan fingerprint density at radius 1 is 0.643 bits per heavy atom. The third kappa shape index (κ3) is 33.0. The highest BCUT2D eigenvalue weighted by atomic mass is 32.2. The molecular formula is C83H112N9O19S+. The highest BCUT2D eigenvalue weighted by Gasteiger charge is 2.44. The van der Waals surface area contributed by atoms with Crippen LogP contribution < -0.4 is 47.7 Å². The van der Waals surface area contributed by atoms with Crippen molar-refractivity contribution in [1.82, 2.24) is 26.6 Å². The molecule has 3 aliphatic rings. The summed E-state index contributed by atoms with van der Waals surface area (Å²) in [5.74, 6) is -2.60. The zero-order valence-corrected chi connectivity index (χ0v) is 66.0. The standard InChI is InChI=1S/C81H111N9O12.2CO2.O3S/c1-7-9-18-50-90-69-33-17-15-31-65(69)81(5,6)72(90)42-37-60-26-19-25-59(36-41-71-80(3,4)64-30-14-16-32-68(64)89(71)49-10-8-2)75(60)102-63-38-34-57(35-39-63)44-48-84-76(96)61(27-20-46-85-78(82)83)56-70(92)67(55-58-23-12-11-13-24-58)87-73(93)45-52-101-54-53-100-51-22-29-62(91)28-21-47-86-79(99)88-66(77(97)98)40-43-74(94)95;2*2-1-3;1-4(2)3/h11-17,23-24,30-39,41-42,61,66-67,78,85H,7-10,18-22,25-29,40,43-56,82-83H2,1-6H3,(H5-,84,86,87,88,93,94,95,96,97,98,99);;;/p+1/t61-,66-,67+;;;/m1.../s1. The van der Waals surface area contributed by atoms with E-state index in [1.54, 1.807) is 0 Å². The number of hydrogen-bond acceptors (Lipinski definition) is 21. The molecule has 4 amide bonds. The van der Waals surface area contributed by atoms with Crippen molar-refractivity contribution in [2.24, 2.45) is 17.4 Å². The molecule has 2 aliphatic heterocycles. The Balaban J connectivity index is 0.00000250. The Morgan fingerprint density at radius 2 is 1.29 bits per heavy atom. The van der Waals surface area contributed by atoms with Crippen molar-refractivity contribution in [3.8, 4) is 5.75 Å². The lowest BCUT2D eigenvalue weighted by Gasteiger charge is -2.27. The maximum absolute atomic E-state index is 14.4. The molecule has 11 N–H and O–H groups in total. The molecule has 0 unspecified atom stereocenters.